The molecule has 110 valence electrons. The number of aliphatic imine (C=N–C) groups is 1. The average molecular weight is 266 g/mol. The van der Waals surface area contributed by atoms with Gasteiger partial charge in [-0.05, 0) is 38.1 Å². The minimum absolute atomic E-state index is 0.643. The Morgan fingerprint density at radius 1 is 1.37 bits per heavy atom. The fourth-order valence-corrected chi connectivity index (χ4v) is 3.03. The van der Waals surface area contributed by atoms with Gasteiger partial charge in [0, 0.05) is 32.2 Å². The lowest BCUT2D eigenvalue weighted by Crippen LogP contribution is -2.46. The summed E-state index contributed by atoms with van der Waals surface area (Å²) in [6, 6.07) is 1.44. The van der Waals surface area contributed by atoms with Crippen molar-refractivity contribution in [2.75, 3.05) is 26.7 Å². The molecule has 4 heteroatoms. The molecule has 2 rings (SSSR count). The van der Waals surface area contributed by atoms with Crippen molar-refractivity contribution in [2.45, 2.75) is 58.0 Å². The van der Waals surface area contributed by atoms with Gasteiger partial charge in [-0.1, -0.05) is 20.3 Å². The zero-order valence-electron chi connectivity index (χ0n) is 12.8. The summed E-state index contributed by atoms with van der Waals surface area (Å²) < 4.78 is 0. The van der Waals surface area contributed by atoms with Crippen molar-refractivity contribution < 1.29 is 0 Å². The Labute approximate surface area is 118 Å². The fourth-order valence-electron chi connectivity index (χ4n) is 3.03. The van der Waals surface area contributed by atoms with Crippen LogP contribution in [0.3, 0.4) is 0 Å². The largest absolute Gasteiger partial charge is 0.355 e. The highest BCUT2D eigenvalue weighted by atomic mass is 15.2. The first-order valence-corrected chi connectivity index (χ1v) is 7.95. The lowest BCUT2D eigenvalue weighted by Gasteiger charge is -2.35. The Bertz CT molecular complexity index is 303. The third-order valence-electron chi connectivity index (χ3n) is 4.57. The highest BCUT2D eigenvalue weighted by Crippen LogP contribution is 2.28. The van der Waals surface area contributed by atoms with Crippen LogP contribution in [-0.2, 0) is 0 Å². The van der Waals surface area contributed by atoms with E-state index in [1.54, 1.807) is 0 Å². The van der Waals surface area contributed by atoms with Crippen molar-refractivity contribution in [2.24, 2.45) is 10.9 Å². The zero-order valence-corrected chi connectivity index (χ0v) is 12.8. The van der Waals surface area contributed by atoms with E-state index in [1.165, 1.54) is 38.6 Å². The molecule has 0 spiro atoms. The van der Waals surface area contributed by atoms with Gasteiger partial charge in [0.25, 0.3) is 0 Å². The van der Waals surface area contributed by atoms with E-state index in [0.29, 0.717) is 6.04 Å². The van der Waals surface area contributed by atoms with Crippen LogP contribution in [0.5, 0.6) is 0 Å². The Morgan fingerprint density at radius 2 is 2.16 bits per heavy atom. The van der Waals surface area contributed by atoms with E-state index in [4.69, 9.17) is 0 Å². The first-order chi connectivity index (χ1) is 9.24. The molecule has 1 aliphatic heterocycles. The van der Waals surface area contributed by atoms with Gasteiger partial charge >= 0.3 is 0 Å². The maximum absolute atomic E-state index is 4.30. The second kappa shape index (κ2) is 7.13. The molecule has 0 aromatic rings. The number of guanidine groups is 1. The lowest BCUT2D eigenvalue weighted by molar-refractivity contribution is 0.147. The Balaban J connectivity index is 1.66. The molecule has 2 aliphatic rings. The van der Waals surface area contributed by atoms with Gasteiger partial charge in [0.2, 0.25) is 0 Å². The van der Waals surface area contributed by atoms with Crippen LogP contribution >= 0.6 is 0 Å². The average Bonchev–Trinajstić information content (AvgIpc) is 3.13. The van der Waals surface area contributed by atoms with E-state index in [2.05, 4.69) is 34.4 Å². The third-order valence-corrected chi connectivity index (χ3v) is 4.57. The molecule has 0 aromatic heterocycles. The lowest BCUT2D eigenvalue weighted by atomic mass is 10.0. The summed E-state index contributed by atoms with van der Waals surface area (Å²) in [6.45, 7) is 8.00. The first-order valence-electron chi connectivity index (χ1n) is 7.95. The summed E-state index contributed by atoms with van der Waals surface area (Å²) in [7, 11) is 1.86. The summed E-state index contributed by atoms with van der Waals surface area (Å²) in [5.74, 6) is 1.78. The van der Waals surface area contributed by atoms with Crippen LogP contribution in [0.25, 0.3) is 0 Å². The minimum Gasteiger partial charge on any atom is -0.355 e. The summed E-state index contributed by atoms with van der Waals surface area (Å²) in [5.41, 5.74) is 0. The molecule has 3 unspecified atom stereocenters. The quantitative estimate of drug-likeness (QED) is 0.589. The van der Waals surface area contributed by atoms with Gasteiger partial charge < -0.3 is 10.6 Å². The SMILES string of the molecule is CCC1CCCCN1CCNC(=NC)NC1CC1C. The number of rotatable bonds is 5. The van der Waals surface area contributed by atoms with Crippen LogP contribution in [0.15, 0.2) is 4.99 Å². The summed E-state index contributed by atoms with van der Waals surface area (Å²) >= 11 is 0. The summed E-state index contributed by atoms with van der Waals surface area (Å²) in [5, 5.41) is 6.92. The van der Waals surface area contributed by atoms with Crippen molar-refractivity contribution in [3.8, 4) is 0 Å². The Hall–Kier alpha value is -0.770. The van der Waals surface area contributed by atoms with E-state index in [-0.39, 0.29) is 0 Å². The topological polar surface area (TPSA) is 39.7 Å². The predicted octanol–water partition coefficient (Wildman–Crippen LogP) is 1.82. The second-order valence-corrected chi connectivity index (χ2v) is 6.06. The Kier molecular flexibility index (Phi) is 5.49. The van der Waals surface area contributed by atoms with Crippen LogP contribution in [-0.4, -0.2) is 49.6 Å². The van der Waals surface area contributed by atoms with Gasteiger partial charge in [-0.25, -0.2) is 0 Å². The summed E-state index contributed by atoms with van der Waals surface area (Å²) in [6.07, 6.45) is 6.72. The maximum atomic E-state index is 4.30. The molecule has 2 N–H and O–H groups in total. The van der Waals surface area contributed by atoms with E-state index in [1.807, 2.05) is 7.05 Å². The van der Waals surface area contributed by atoms with E-state index in [9.17, 15) is 0 Å². The van der Waals surface area contributed by atoms with Crippen LogP contribution < -0.4 is 10.6 Å². The summed E-state index contributed by atoms with van der Waals surface area (Å²) in [4.78, 5) is 6.94. The first kappa shape index (κ1) is 14.6. The number of nitrogens with zero attached hydrogens (tertiary/aromatic N) is 2. The molecule has 1 saturated heterocycles. The number of hydrogen-bond donors (Lipinski definition) is 2. The predicted molar refractivity (Wildman–Crippen MR) is 81.6 cm³/mol. The van der Waals surface area contributed by atoms with Crippen molar-refractivity contribution >= 4 is 5.96 Å². The highest BCUT2D eigenvalue weighted by molar-refractivity contribution is 5.80. The number of hydrogen-bond acceptors (Lipinski definition) is 2. The van der Waals surface area contributed by atoms with Crippen LogP contribution in [0.4, 0.5) is 0 Å². The molecule has 4 nitrogen and oxygen atoms in total. The van der Waals surface area contributed by atoms with Crippen molar-refractivity contribution in [1.82, 2.24) is 15.5 Å². The van der Waals surface area contributed by atoms with Gasteiger partial charge in [-0.2, -0.15) is 0 Å². The molecule has 1 heterocycles. The molecule has 0 amide bonds. The van der Waals surface area contributed by atoms with Gasteiger partial charge in [0.15, 0.2) is 5.96 Å². The molecule has 2 fully saturated rings. The van der Waals surface area contributed by atoms with Crippen LogP contribution in [0.1, 0.15) is 46.0 Å². The molecule has 19 heavy (non-hydrogen) atoms. The van der Waals surface area contributed by atoms with Gasteiger partial charge in [-0.15, -0.1) is 0 Å². The molecular weight excluding hydrogens is 236 g/mol. The van der Waals surface area contributed by atoms with Gasteiger partial charge in [0.1, 0.15) is 0 Å². The van der Waals surface area contributed by atoms with E-state index >= 15 is 0 Å². The van der Waals surface area contributed by atoms with Crippen molar-refractivity contribution in [1.29, 1.82) is 0 Å². The van der Waals surface area contributed by atoms with Crippen LogP contribution in [0.2, 0.25) is 0 Å². The molecular formula is C15H30N4. The normalized spacial score (nSPS) is 32.2. The number of nitrogens with one attached hydrogen (secondary N) is 2. The van der Waals surface area contributed by atoms with E-state index in [0.717, 1.165) is 31.0 Å². The fraction of sp³-hybridized carbons (Fsp3) is 0.933. The monoisotopic (exact) mass is 266 g/mol. The zero-order chi connectivity index (χ0) is 13.7. The van der Waals surface area contributed by atoms with Crippen molar-refractivity contribution in [3.05, 3.63) is 0 Å². The third kappa shape index (κ3) is 4.37. The minimum atomic E-state index is 0.643. The van der Waals surface area contributed by atoms with Gasteiger partial charge in [0.05, 0.1) is 0 Å². The number of likely N-dealkylation sites (tertiary alicyclic amines) is 1. The molecule has 1 aliphatic carbocycles. The molecule has 0 radical (unpaired) electrons. The maximum Gasteiger partial charge on any atom is 0.191 e. The molecule has 1 saturated carbocycles. The highest BCUT2D eigenvalue weighted by Gasteiger charge is 2.33. The molecule has 0 aromatic carbocycles. The standard InChI is InChI=1S/C15H30N4/c1-4-13-7-5-6-9-19(13)10-8-17-15(16-3)18-14-11-12(14)2/h12-14H,4-11H2,1-3H3,(H2,16,17,18). The van der Waals surface area contributed by atoms with E-state index < -0.39 is 0 Å². The number of piperidine rings is 1. The molecule has 3 atom stereocenters. The van der Waals surface area contributed by atoms with Crippen molar-refractivity contribution in [3.63, 3.8) is 0 Å². The van der Waals surface area contributed by atoms with Gasteiger partial charge in [-0.3, -0.25) is 9.89 Å². The Morgan fingerprint density at radius 3 is 2.79 bits per heavy atom. The van der Waals surface area contributed by atoms with Crippen LogP contribution in [0, 0.1) is 5.92 Å². The second-order valence-electron chi connectivity index (χ2n) is 6.06. The molecule has 0 bridgehead atoms. The smallest absolute Gasteiger partial charge is 0.191 e.